The fourth-order valence-corrected chi connectivity index (χ4v) is 3.56. The highest BCUT2D eigenvalue weighted by Crippen LogP contribution is 2.18. The fraction of sp³-hybridized carbons (Fsp3) is 0.647. The molecule has 2 aliphatic rings. The zero-order valence-electron chi connectivity index (χ0n) is 13.3. The quantitative estimate of drug-likeness (QED) is 0.923. The number of nitrogens with zero attached hydrogens (tertiary/aromatic N) is 2. The molecule has 3 nitrogen and oxygen atoms in total. The number of hydrogen-bond donors (Lipinski definition) is 1. The first-order chi connectivity index (χ1) is 9.74. The van der Waals surface area contributed by atoms with Gasteiger partial charge in [0.25, 0.3) is 0 Å². The maximum absolute atomic E-state index is 3.48. The van der Waals surface area contributed by atoms with E-state index in [0.717, 1.165) is 12.6 Å². The summed E-state index contributed by atoms with van der Waals surface area (Å²) in [5.74, 6) is 0. The summed E-state index contributed by atoms with van der Waals surface area (Å²) in [4.78, 5) is 5.30. The Balaban J connectivity index is 0.00000161. The van der Waals surface area contributed by atoms with Gasteiger partial charge in [-0.25, -0.2) is 0 Å². The Bertz CT molecular complexity index is 429. The van der Waals surface area contributed by atoms with Crippen LogP contribution in [-0.4, -0.2) is 55.1 Å². The minimum Gasteiger partial charge on any atom is -0.315 e. The number of piperazine rings is 1. The molecule has 0 amide bonds. The molecule has 2 saturated heterocycles. The van der Waals surface area contributed by atoms with Gasteiger partial charge in [0.2, 0.25) is 0 Å². The summed E-state index contributed by atoms with van der Waals surface area (Å²) in [6.07, 6.45) is 1.33. The summed E-state index contributed by atoms with van der Waals surface area (Å²) in [6, 6.07) is 7.43. The highest BCUT2D eigenvalue weighted by atomic mass is 35.5. The van der Waals surface area contributed by atoms with E-state index in [0.29, 0.717) is 0 Å². The molecule has 1 atom stereocenters. The molecule has 0 radical (unpaired) electrons. The molecule has 0 spiro atoms. The van der Waals surface area contributed by atoms with Crippen molar-refractivity contribution in [3.63, 3.8) is 0 Å². The standard InChI is InChI=1S/C17H27N3.ClH/c1-14-4-3-5-15(2)17(14)13-19-8-10-20(11-9-19)16-6-7-18-12-16;/h3-5,16,18H,6-13H2,1-2H3;1H. The van der Waals surface area contributed by atoms with Gasteiger partial charge in [0.15, 0.2) is 0 Å². The largest absolute Gasteiger partial charge is 0.315 e. The second-order valence-corrected chi connectivity index (χ2v) is 6.33. The maximum Gasteiger partial charge on any atom is 0.0240 e. The Morgan fingerprint density at radius 2 is 1.76 bits per heavy atom. The number of aryl methyl sites for hydroxylation is 2. The van der Waals surface area contributed by atoms with Gasteiger partial charge in [-0.3, -0.25) is 9.80 Å². The molecule has 0 aromatic heterocycles. The second-order valence-electron chi connectivity index (χ2n) is 6.33. The number of rotatable bonds is 3. The van der Waals surface area contributed by atoms with E-state index >= 15 is 0 Å². The Morgan fingerprint density at radius 1 is 1.10 bits per heavy atom. The monoisotopic (exact) mass is 309 g/mol. The molecule has 2 aliphatic heterocycles. The van der Waals surface area contributed by atoms with Crippen LogP contribution in [-0.2, 0) is 6.54 Å². The third-order valence-corrected chi connectivity index (χ3v) is 4.98. The van der Waals surface area contributed by atoms with Crippen LogP contribution in [0.1, 0.15) is 23.1 Å². The first-order valence-electron chi connectivity index (χ1n) is 7.96. The lowest BCUT2D eigenvalue weighted by molar-refractivity contribution is 0.0979. The molecule has 2 fully saturated rings. The van der Waals surface area contributed by atoms with Crippen molar-refractivity contribution in [1.29, 1.82) is 0 Å². The fourth-order valence-electron chi connectivity index (χ4n) is 3.56. The Kier molecular flexibility index (Phi) is 6.06. The van der Waals surface area contributed by atoms with Crippen molar-refractivity contribution in [3.8, 4) is 0 Å². The number of nitrogens with one attached hydrogen (secondary N) is 1. The van der Waals surface area contributed by atoms with Crippen LogP contribution in [0.25, 0.3) is 0 Å². The van der Waals surface area contributed by atoms with Crippen LogP contribution in [0.2, 0.25) is 0 Å². The molecule has 0 aliphatic carbocycles. The van der Waals surface area contributed by atoms with E-state index in [4.69, 9.17) is 0 Å². The smallest absolute Gasteiger partial charge is 0.0240 e. The summed E-state index contributed by atoms with van der Waals surface area (Å²) < 4.78 is 0. The zero-order chi connectivity index (χ0) is 13.9. The van der Waals surface area contributed by atoms with E-state index in [1.54, 1.807) is 0 Å². The molecule has 4 heteroatoms. The molecule has 0 bridgehead atoms. The Morgan fingerprint density at radius 3 is 2.33 bits per heavy atom. The van der Waals surface area contributed by atoms with Crippen molar-refractivity contribution in [1.82, 2.24) is 15.1 Å². The van der Waals surface area contributed by atoms with Crippen molar-refractivity contribution >= 4 is 12.4 Å². The summed E-state index contributed by atoms with van der Waals surface area (Å²) in [5, 5.41) is 3.48. The van der Waals surface area contributed by atoms with Gasteiger partial charge in [-0.05, 0) is 43.5 Å². The van der Waals surface area contributed by atoms with E-state index in [9.17, 15) is 0 Å². The predicted molar refractivity (Wildman–Crippen MR) is 91.3 cm³/mol. The van der Waals surface area contributed by atoms with E-state index in [1.807, 2.05) is 0 Å². The highest BCUT2D eigenvalue weighted by Gasteiger charge is 2.26. The van der Waals surface area contributed by atoms with Gasteiger partial charge in [0, 0.05) is 45.3 Å². The van der Waals surface area contributed by atoms with E-state index in [2.05, 4.69) is 47.2 Å². The highest BCUT2D eigenvalue weighted by molar-refractivity contribution is 5.85. The minimum absolute atomic E-state index is 0. The van der Waals surface area contributed by atoms with Gasteiger partial charge in [-0.1, -0.05) is 18.2 Å². The lowest BCUT2D eigenvalue weighted by Crippen LogP contribution is -2.50. The average molecular weight is 310 g/mol. The lowest BCUT2D eigenvalue weighted by atomic mass is 10.0. The van der Waals surface area contributed by atoms with Crippen LogP contribution in [0, 0.1) is 13.8 Å². The van der Waals surface area contributed by atoms with Crippen molar-refractivity contribution in [2.45, 2.75) is 32.9 Å². The van der Waals surface area contributed by atoms with E-state index in [1.165, 1.54) is 62.4 Å². The van der Waals surface area contributed by atoms with Gasteiger partial charge in [0.05, 0.1) is 0 Å². The number of hydrogen-bond acceptors (Lipinski definition) is 3. The SMILES string of the molecule is Cc1cccc(C)c1CN1CCN(C2CCNC2)CC1.Cl. The average Bonchev–Trinajstić information content (AvgIpc) is 2.98. The van der Waals surface area contributed by atoms with Gasteiger partial charge in [0.1, 0.15) is 0 Å². The van der Waals surface area contributed by atoms with Crippen LogP contribution in [0.15, 0.2) is 18.2 Å². The first-order valence-corrected chi connectivity index (χ1v) is 7.96. The van der Waals surface area contributed by atoms with Gasteiger partial charge < -0.3 is 5.32 Å². The van der Waals surface area contributed by atoms with Gasteiger partial charge in [-0.15, -0.1) is 12.4 Å². The molecule has 1 unspecified atom stereocenters. The van der Waals surface area contributed by atoms with Crippen LogP contribution in [0.3, 0.4) is 0 Å². The van der Waals surface area contributed by atoms with Crippen LogP contribution < -0.4 is 5.32 Å². The molecule has 2 heterocycles. The molecule has 1 N–H and O–H groups in total. The van der Waals surface area contributed by atoms with Crippen molar-refractivity contribution < 1.29 is 0 Å². The topological polar surface area (TPSA) is 18.5 Å². The molecule has 1 aromatic rings. The molecule has 21 heavy (non-hydrogen) atoms. The minimum atomic E-state index is 0. The molecular weight excluding hydrogens is 282 g/mol. The summed E-state index contributed by atoms with van der Waals surface area (Å²) in [7, 11) is 0. The summed E-state index contributed by atoms with van der Waals surface area (Å²) in [6.45, 7) is 12.9. The van der Waals surface area contributed by atoms with Crippen LogP contribution in [0.4, 0.5) is 0 Å². The zero-order valence-corrected chi connectivity index (χ0v) is 14.1. The Hall–Kier alpha value is -0.610. The van der Waals surface area contributed by atoms with Crippen molar-refractivity contribution in [2.75, 3.05) is 39.3 Å². The predicted octanol–water partition coefficient (Wildman–Crippen LogP) is 2.20. The number of benzene rings is 1. The third-order valence-electron chi connectivity index (χ3n) is 4.98. The van der Waals surface area contributed by atoms with Gasteiger partial charge in [-0.2, -0.15) is 0 Å². The van der Waals surface area contributed by atoms with Crippen molar-refractivity contribution in [3.05, 3.63) is 34.9 Å². The van der Waals surface area contributed by atoms with E-state index in [-0.39, 0.29) is 12.4 Å². The normalized spacial score (nSPS) is 24.0. The first kappa shape index (κ1) is 16.8. The molecular formula is C17H28ClN3. The third kappa shape index (κ3) is 3.98. The lowest BCUT2D eigenvalue weighted by Gasteiger charge is -2.38. The molecule has 118 valence electrons. The second kappa shape index (κ2) is 7.59. The Labute approximate surface area is 135 Å². The molecule has 0 saturated carbocycles. The summed E-state index contributed by atoms with van der Waals surface area (Å²) >= 11 is 0. The van der Waals surface area contributed by atoms with Gasteiger partial charge >= 0.3 is 0 Å². The summed E-state index contributed by atoms with van der Waals surface area (Å²) in [5.41, 5.74) is 4.41. The maximum atomic E-state index is 3.48. The molecule has 3 rings (SSSR count). The van der Waals surface area contributed by atoms with Crippen LogP contribution in [0.5, 0.6) is 0 Å². The molecule has 1 aromatic carbocycles. The van der Waals surface area contributed by atoms with E-state index < -0.39 is 0 Å². The van der Waals surface area contributed by atoms with Crippen molar-refractivity contribution in [2.24, 2.45) is 0 Å². The number of halogens is 1. The van der Waals surface area contributed by atoms with Crippen LogP contribution >= 0.6 is 12.4 Å².